The second-order valence-electron chi connectivity index (χ2n) is 4.41. The van der Waals surface area contributed by atoms with Gasteiger partial charge in [-0.1, -0.05) is 44.7 Å². The zero-order chi connectivity index (χ0) is 12.5. The summed E-state index contributed by atoms with van der Waals surface area (Å²) in [5.74, 6) is -0.196. The van der Waals surface area contributed by atoms with E-state index in [0.29, 0.717) is 5.56 Å². The van der Waals surface area contributed by atoms with Crippen LogP contribution in [0.5, 0.6) is 0 Å². The second kappa shape index (κ2) is 8.24. The topological polar surface area (TPSA) is 20.2 Å². The van der Waals surface area contributed by atoms with Gasteiger partial charge in [-0.05, 0) is 36.5 Å². The summed E-state index contributed by atoms with van der Waals surface area (Å²) in [4.78, 5) is 0. The molecule has 0 aromatic heterocycles. The van der Waals surface area contributed by atoms with E-state index in [9.17, 15) is 4.39 Å². The molecule has 0 aliphatic carbocycles. The van der Waals surface area contributed by atoms with Crippen LogP contribution in [0.4, 0.5) is 4.39 Å². The number of aliphatic hydroxyl groups is 1. The molecule has 17 heavy (non-hydrogen) atoms. The van der Waals surface area contributed by atoms with Crippen LogP contribution in [0.1, 0.15) is 50.2 Å². The Balaban J connectivity index is 2.27. The van der Waals surface area contributed by atoms with Gasteiger partial charge in [0.05, 0.1) is 6.61 Å². The molecular formula is C15H22FO. The first-order chi connectivity index (χ1) is 8.27. The third kappa shape index (κ3) is 5.31. The summed E-state index contributed by atoms with van der Waals surface area (Å²) in [6.07, 6.45) is 8.81. The van der Waals surface area contributed by atoms with Gasteiger partial charge >= 0.3 is 0 Å². The maximum atomic E-state index is 13.5. The van der Waals surface area contributed by atoms with Crippen molar-refractivity contribution in [2.75, 3.05) is 0 Å². The summed E-state index contributed by atoms with van der Waals surface area (Å²) in [6, 6.07) is 4.99. The van der Waals surface area contributed by atoms with Gasteiger partial charge < -0.3 is 5.11 Å². The van der Waals surface area contributed by atoms with Crippen LogP contribution in [0.3, 0.4) is 0 Å². The molecule has 1 rings (SSSR count). The van der Waals surface area contributed by atoms with Gasteiger partial charge in [-0.25, -0.2) is 4.39 Å². The van der Waals surface area contributed by atoms with Crippen molar-refractivity contribution in [1.29, 1.82) is 0 Å². The molecule has 0 aliphatic rings. The van der Waals surface area contributed by atoms with Crippen LogP contribution in [0.25, 0.3) is 0 Å². The average molecular weight is 237 g/mol. The average Bonchev–Trinajstić information content (AvgIpc) is 2.35. The fourth-order valence-corrected chi connectivity index (χ4v) is 1.83. The fourth-order valence-electron chi connectivity index (χ4n) is 1.83. The lowest BCUT2D eigenvalue weighted by Gasteiger charge is -2.05. The molecule has 1 N–H and O–H groups in total. The number of hydrogen-bond donors (Lipinski definition) is 1. The second-order valence-corrected chi connectivity index (χ2v) is 4.41. The molecule has 2 heteroatoms. The third-order valence-corrected chi connectivity index (χ3v) is 2.93. The van der Waals surface area contributed by atoms with E-state index in [4.69, 9.17) is 5.11 Å². The van der Waals surface area contributed by atoms with Crippen molar-refractivity contribution in [1.82, 2.24) is 0 Å². The Bertz CT molecular complexity index is 323. The van der Waals surface area contributed by atoms with Crippen molar-refractivity contribution in [3.05, 3.63) is 41.6 Å². The Labute approximate surface area is 104 Å². The number of aryl methyl sites for hydroxylation is 1. The van der Waals surface area contributed by atoms with Crippen LogP contribution < -0.4 is 0 Å². The van der Waals surface area contributed by atoms with Gasteiger partial charge in [-0.15, -0.1) is 0 Å². The number of hydrogen-bond acceptors (Lipinski definition) is 1. The molecule has 0 fully saturated rings. The van der Waals surface area contributed by atoms with Gasteiger partial charge in [0.15, 0.2) is 0 Å². The van der Waals surface area contributed by atoms with Crippen molar-refractivity contribution in [2.45, 2.75) is 52.1 Å². The number of aliphatic hydroxyl groups excluding tert-OH is 1. The zero-order valence-electron chi connectivity index (χ0n) is 10.6. The van der Waals surface area contributed by atoms with Gasteiger partial charge in [-0.3, -0.25) is 0 Å². The molecule has 0 bridgehead atoms. The molecule has 0 atom stereocenters. The lowest BCUT2D eigenvalue weighted by Crippen LogP contribution is -1.94. The Morgan fingerprint density at radius 2 is 2.06 bits per heavy atom. The van der Waals surface area contributed by atoms with Crippen LogP contribution in [-0.2, 0) is 13.0 Å². The van der Waals surface area contributed by atoms with Crippen molar-refractivity contribution >= 4 is 0 Å². The van der Waals surface area contributed by atoms with E-state index in [2.05, 4.69) is 13.3 Å². The van der Waals surface area contributed by atoms with Crippen LogP contribution in [0.15, 0.2) is 18.2 Å². The minimum absolute atomic E-state index is 0.0969. The Morgan fingerprint density at radius 1 is 1.24 bits per heavy atom. The SMILES string of the molecule is CCCCC[CH]CCc1ccc(CO)cc1F. The molecule has 95 valence electrons. The molecule has 1 aromatic carbocycles. The number of unbranched alkanes of at least 4 members (excludes halogenated alkanes) is 5. The highest BCUT2D eigenvalue weighted by Gasteiger charge is 2.03. The molecule has 1 radical (unpaired) electrons. The maximum absolute atomic E-state index is 13.5. The minimum Gasteiger partial charge on any atom is -0.392 e. The smallest absolute Gasteiger partial charge is 0.126 e. The van der Waals surface area contributed by atoms with Crippen LogP contribution in [-0.4, -0.2) is 5.11 Å². The highest BCUT2D eigenvalue weighted by Crippen LogP contribution is 2.14. The first-order valence-electron chi connectivity index (χ1n) is 6.47. The van der Waals surface area contributed by atoms with Gasteiger partial charge in [0, 0.05) is 0 Å². The van der Waals surface area contributed by atoms with Gasteiger partial charge in [-0.2, -0.15) is 0 Å². The largest absolute Gasteiger partial charge is 0.392 e. The molecular weight excluding hydrogens is 215 g/mol. The van der Waals surface area contributed by atoms with Crippen LogP contribution >= 0.6 is 0 Å². The van der Waals surface area contributed by atoms with Crippen LogP contribution in [0, 0.1) is 12.2 Å². The van der Waals surface area contributed by atoms with E-state index in [1.807, 2.05) is 0 Å². The molecule has 0 unspecified atom stereocenters. The van der Waals surface area contributed by atoms with Crippen molar-refractivity contribution in [3.63, 3.8) is 0 Å². The summed E-state index contributed by atoms with van der Waals surface area (Å²) in [5, 5.41) is 8.88. The third-order valence-electron chi connectivity index (χ3n) is 2.93. The molecule has 0 heterocycles. The summed E-state index contributed by atoms with van der Waals surface area (Å²) < 4.78 is 13.5. The van der Waals surface area contributed by atoms with Gasteiger partial charge in [0.1, 0.15) is 5.82 Å². The summed E-state index contributed by atoms with van der Waals surface area (Å²) in [7, 11) is 0. The Hall–Kier alpha value is -0.890. The molecule has 0 saturated heterocycles. The highest BCUT2D eigenvalue weighted by molar-refractivity contribution is 5.24. The van der Waals surface area contributed by atoms with Crippen molar-refractivity contribution < 1.29 is 9.50 Å². The monoisotopic (exact) mass is 237 g/mol. The van der Waals surface area contributed by atoms with E-state index in [1.54, 1.807) is 12.1 Å². The molecule has 1 aromatic rings. The van der Waals surface area contributed by atoms with E-state index >= 15 is 0 Å². The minimum atomic E-state index is -0.196. The van der Waals surface area contributed by atoms with E-state index in [1.165, 1.54) is 25.3 Å². The zero-order valence-corrected chi connectivity index (χ0v) is 10.6. The number of benzene rings is 1. The normalized spacial score (nSPS) is 10.8. The highest BCUT2D eigenvalue weighted by atomic mass is 19.1. The Morgan fingerprint density at radius 3 is 2.71 bits per heavy atom. The predicted octanol–water partition coefficient (Wildman–Crippen LogP) is 4.04. The quantitative estimate of drug-likeness (QED) is 0.677. The molecule has 0 saturated carbocycles. The molecule has 0 amide bonds. The Kier molecular flexibility index (Phi) is 6.87. The first-order valence-corrected chi connectivity index (χ1v) is 6.47. The standard InChI is InChI=1S/C15H22FO/c1-2-3-4-5-6-7-8-14-10-9-13(12-17)11-15(14)16/h6,9-11,17H,2-5,7-8,12H2,1H3. The van der Waals surface area contributed by atoms with Gasteiger partial charge in [0.2, 0.25) is 0 Å². The lowest BCUT2D eigenvalue weighted by atomic mass is 10.0. The van der Waals surface area contributed by atoms with Crippen molar-refractivity contribution in [2.24, 2.45) is 0 Å². The molecule has 0 aliphatic heterocycles. The van der Waals surface area contributed by atoms with E-state index < -0.39 is 0 Å². The summed E-state index contributed by atoms with van der Waals surface area (Å²) in [5.41, 5.74) is 1.38. The van der Waals surface area contributed by atoms with E-state index in [-0.39, 0.29) is 12.4 Å². The summed E-state index contributed by atoms with van der Waals surface area (Å²) in [6.45, 7) is 2.10. The summed E-state index contributed by atoms with van der Waals surface area (Å²) >= 11 is 0. The maximum Gasteiger partial charge on any atom is 0.126 e. The fraction of sp³-hybridized carbons (Fsp3) is 0.533. The van der Waals surface area contributed by atoms with Gasteiger partial charge in [0.25, 0.3) is 0 Å². The van der Waals surface area contributed by atoms with E-state index in [0.717, 1.165) is 24.8 Å². The molecule has 0 spiro atoms. The first kappa shape index (κ1) is 14.2. The van der Waals surface area contributed by atoms with Crippen LogP contribution in [0.2, 0.25) is 0 Å². The number of halogens is 1. The lowest BCUT2D eigenvalue weighted by molar-refractivity contribution is 0.281. The predicted molar refractivity (Wildman–Crippen MR) is 69.1 cm³/mol. The van der Waals surface area contributed by atoms with Crippen molar-refractivity contribution in [3.8, 4) is 0 Å². The number of rotatable bonds is 8. The molecule has 1 nitrogen and oxygen atoms in total.